The van der Waals surface area contributed by atoms with Gasteiger partial charge in [0.05, 0.1) is 27.8 Å². The van der Waals surface area contributed by atoms with Gasteiger partial charge in [0.1, 0.15) is 11.5 Å². The highest BCUT2D eigenvalue weighted by Crippen LogP contribution is 2.34. The molecule has 1 saturated heterocycles. The van der Waals surface area contributed by atoms with Crippen molar-refractivity contribution < 1.29 is 23.6 Å². The van der Waals surface area contributed by atoms with Crippen LogP contribution in [0.5, 0.6) is 0 Å². The van der Waals surface area contributed by atoms with E-state index >= 15 is 0 Å². The first-order valence-corrected chi connectivity index (χ1v) is 9.57. The Kier molecular flexibility index (Phi) is 4.44. The Bertz CT molecular complexity index is 1130. The van der Waals surface area contributed by atoms with Gasteiger partial charge in [0.2, 0.25) is 0 Å². The number of fused-ring (bicyclic) bond motifs is 1. The summed E-state index contributed by atoms with van der Waals surface area (Å²) in [6, 6.07) is 3.59. The molecule has 1 aliphatic heterocycles. The highest BCUT2D eigenvalue weighted by molar-refractivity contribution is 6.07. The molecule has 0 saturated carbocycles. The second-order valence-corrected chi connectivity index (χ2v) is 8.03. The molecule has 0 aliphatic carbocycles. The molecule has 0 aromatic carbocycles. The number of carboxylic acid groups (broad SMARTS) is 1. The molecule has 1 amide bonds. The normalized spacial score (nSPS) is 19.7. The number of amides is 1. The number of piperidine rings is 1. The molecule has 0 bridgehead atoms. The van der Waals surface area contributed by atoms with E-state index in [1.165, 1.54) is 0 Å². The number of aryl methyl sites for hydroxylation is 3. The van der Waals surface area contributed by atoms with Gasteiger partial charge in [-0.25, -0.2) is 4.98 Å². The Labute approximate surface area is 167 Å². The molecule has 29 heavy (non-hydrogen) atoms. The van der Waals surface area contributed by atoms with E-state index in [0.29, 0.717) is 47.5 Å². The van der Waals surface area contributed by atoms with E-state index in [4.69, 9.17) is 8.94 Å². The summed E-state index contributed by atoms with van der Waals surface area (Å²) >= 11 is 0. The number of rotatable bonds is 3. The molecule has 4 heterocycles. The average Bonchev–Trinajstić information content (AvgIpc) is 3.22. The van der Waals surface area contributed by atoms with E-state index in [2.05, 4.69) is 10.1 Å². The van der Waals surface area contributed by atoms with Crippen LogP contribution in [-0.4, -0.2) is 45.1 Å². The van der Waals surface area contributed by atoms with Crippen molar-refractivity contribution in [1.82, 2.24) is 15.0 Å². The first-order valence-electron chi connectivity index (χ1n) is 9.57. The van der Waals surface area contributed by atoms with E-state index < -0.39 is 11.4 Å². The quantitative estimate of drug-likeness (QED) is 0.717. The van der Waals surface area contributed by atoms with E-state index in [0.717, 1.165) is 11.3 Å². The third-order valence-electron chi connectivity index (χ3n) is 5.66. The number of carbonyl (C=O) groups excluding carboxylic acids is 1. The predicted octanol–water partition coefficient (Wildman–Crippen LogP) is 3.73. The third kappa shape index (κ3) is 3.18. The zero-order valence-electron chi connectivity index (χ0n) is 16.9. The van der Waals surface area contributed by atoms with E-state index in [9.17, 15) is 14.7 Å². The van der Waals surface area contributed by atoms with Gasteiger partial charge in [-0.15, -0.1) is 0 Å². The summed E-state index contributed by atoms with van der Waals surface area (Å²) in [4.78, 5) is 31.3. The van der Waals surface area contributed by atoms with Crippen molar-refractivity contribution in [2.75, 3.05) is 13.1 Å². The van der Waals surface area contributed by atoms with Crippen molar-refractivity contribution in [2.24, 2.45) is 5.41 Å². The average molecular weight is 397 g/mol. The maximum atomic E-state index is 13.5. The van der Waals surface area contributed by atoms with Gasteiger partial charge in [-0.2, -0.15) is 0 Å². The minimum atomic E-state index is -0.954. The van der Waals surface area contributed by atoms with Crippen molar-refractivity contribution in [1.29, 1.82) is 0 Å². The lowest BCUT2D eigenvalue weighted by molar-refractivity contribution is -0.150. The van der Waals surface area contributed by atoms with Crippen LogP contribution in [0.3, 0.4) is 0 Å². The second kappa shape index (κ2) is 6.72. The van der Waals surface area contributed by atoms with Crippen LogP contribution in [-0.2, 0) is 4.79 Å². The number of furan rings is 1. The number of likely N-dealkylation sites (tertiary alicyclic amines) is 1. The lowest BCUT2D eigenvalue weighted by Crippen LogP contribution is -2.48. The van der Waals surface area contributed by atoms with Crippen molar-refractivity contribution >= 4 is 23.0 Å². The Hall–Kier alpha value is -3.16. The number of aliphatic carboxylic acids is 1. The van der Waals surface area contributed by atoms with Crippen LogP contribution in [0.15, 0.2) is 21.1 Å². The molecule has 4 rings (SSSR count). The standard InChI is InChI=1S/C21H23N3O5/c1-11-8-14(13(3)28-11)16-9-15(17-12(2)23-29-18(17)22-16)19(25)24-7-5-6-21(4,10-24)20(26)27/h8-9H,5-7,10H2,1-4H3,(H,26,27). The molecule has 0 radical (unpaired) electrons. The van der Waals surface area contributed by atoms with Crippen molar-refractivity contribution in [2.45, 2.75) is 40.5 Å². The van der Waals surface area contributed by atoms with Gasteiger partial charge in [-0.1, -0.05) is 5.16 Å². The fourth-order valence-corrected chi connectivity index (χ4v) is 4.04. The Morgan fingerprint density at radius 1 is 1.24 bits per heavy atom. The molecule has 0 spiro atoms. The monoisotopic (exact) mass is 397 g/mol. The van der Waals surface area contributed by atoms with Gasteiger partial charge in [0.15, 0.2) is 0 Å². The summed E-state index contributed by atoms with van der Waals surface area (Å²) in [6.45, 7) is 7.80. The van der Waals surface area contributed by atoms with Crippen LogP contribution in [0.4, 0.5) is 0 Å². The third-order valence-corrected chi connectivity index (χ3v) is 5.66. The van der Waals surface area contributed by atoms with Gasteiger partial charge >= 0.3 is 5.97 Å². The first kappa shape index (κ1) is 19.2. The number of hydrogen-bond donors (Lipinski definition) is 1. The van der Waals surface area contributed by atoms with Crippen LogP contribution in [0, 0.1) is 26.2 Å². The number of hydrogen-bond acceptors (Lipinski definition) is 6. The molecule has 1 N–H and O–H groups in total. The fraction of sp³-hybridized carbons (Fsp3) is 0.429. The highest BCUT2D eigenvalue weighted by Gasteiger charge is 2.40. The Balaban J connectivity index is 1.82. The molecule has 1 aliphatic rings. The van der Waals surface area contributed by atoms with Crippen molar-refractivity contribution in [3.63, 3.8) is 0 Å². The number of carbonyl (C=O) groups is 2. The SMILES string of the molecule is Cc1cc(-c2cc(C(=O)N3CCCC(C)(C(=O)O)C3)c3c(C)noc3n2)c(C)o1. The maximum Gasteiger partial charge on any atom is 0.311 e. The van der Waals surface area contributed by atoms with Gasteiger partial charge in [-0.05, 0) is 52.7 Å². The molecule has 1 atom stereocenters. The van der Waals surface area contributed by atoms with Crippen molar-refractivity contribution in [3.8, 4) is 11.3 Å². The summed E-state index contributed by atoms with van der Waals surface area (Å²) < 4.78 is 11.0. The molecule has 1 unspecified atom stereocenters. The van der Waals surface area contributed by atoms with Crippen LogP contribution in [0.1, 0.15) is 47.3 Å². The van der Waals surface area contributed by atoms with Gasteiger partial charge in [0.25, 0.3) is 11.6 Å². The second-order valence-electron chi connectivity index (χ2n) is 8.03. The molecule has 8 nitrogen and oxygen atoms in total. The molecule has 8 heteroatoms. The summed E-state index contributed by atoms with van der Waals surface area (Å²) in [6.07, 6.45) is 1.18. The minimum absolute atomic E-state index is 0.161. The molecule has 1 fully saturated rings. The Morgan fingerprint density at radius 2 is 2.00 bits per heavy atom. The minimum Gasteiger partial charge on any atom is -0.481 e. The first-order chi connectivity index (χ1) is 13.7. The van der Waals surface area contributed by atoms with Gasteiger partial charge < -0.3 is 18.9 Å². The number of pyridine rings is 1. The van der Waals surface area contributed by atoms with E-state index in [1.807, 2.05) is 19.9 Å². The molecular weight excluding hydrogens is 374 g/mol. The van der Waals surface area contributed by atoms with Gasteiger partial charge in [0, 0.05) is 18.7 Å². The zero-order valence-corrected chi connectivity index (χ0v) is 16.9. The Morgan fingerprint density at radius 3 is 2.66 bits per heavy atom. The predicted molar refractivity (Wildman–Crippen MR) is 105 cm³/mol. The van der Waals surface area contributed by atoms with E-state index in [1.54, 1.807) is 24.8 Å². The fourth-order valence-electron chi connectivity index (χ4n) is 4.04. The summed E-state index contributed by atoms with van der Waals surface area (Å²) in [5.41, 5.74) is 1.65. The largest absolute Gasteiger partial charge is 0.481 e. The lowest BCUT2D eigenvalue weighted by Gasteiger charge is -2.37. The molecule has 3 aromatic rings. The molecule has 152 valence electrons. The molecular formula is C21H23N3O5. The zero-order chi connectivity index (χ0) is 20.9. The van der Waals surface area contributed by atoms with Crippen LogP contribution >= 0.6 is 0 Å². The van der Waals surface area contributed by atoms with Crippen molar-refractivity contribution in [3.05, 3.63) is 34.9 Å². The maximum absolute atomic E-state index is 13.5. The topological polar surface area (TPSA) is 110 Å². The smallest absolute Gasteiger partial charge is 0.311 e. The lowest BCUT2D eigenvalue weighted by atomic mass is 9.82. The number of carboxylic acids is 1. The summed E-state index contributed by atoms with van der Waals surface area (Å²) in [5.74, 6) is 0.311. The van der Waals surface area contributed by atoms with E-state index in [-0.39, 0.29) is 18.2 Å². The van der Waals surface area contributed by atoms with Gasteiger partial charge in [-0.3, -0.25) is 9.59 Å². The summed E-state index contributed by atoms with van der Waals surface area (Å²) in [5, 5.41) is 14.1. The summed E-state index contributed by atoms with van der Waals surface area (Å²) in [7, 11) is 0. The number of nitrogens with zero attached hydrogens (tertiary/aromatic N) is 3. The molecule has 3 aromatic heterocycles. The van der Waals surface area contributed by atoms with Crippen LogP contribution in [0.25, 0.3) is 22.4 Å². The highest BCUT2D eigenvalue weighted by atomic mass is 16.5. The van der Waals surface area contributed by atoms with Crippen LogP contribution in [0.2, 0.25) is 0 Å². The number of aromatic nitrogens is 2. The van der Waals surface area contributed by atoms with Crippen LogP contribution < -0.4 is 0 Å².